The van der Waals surface area contributed by atoms with E-state index in [0.29, 0.717) is 25.1 Å². The first-order valence-electron chi connectivity index (χ1n) is 7.62. The van der Waals surface area contributed by atoms with Crippen molar-refractivity contribution >= 4 is 5.91 Å². The van der Waals surface area contributed by atoms with Crippen LogP contribution in [0, 0.1) is 11.8 Å². The van der Waals surface area contributed by atoms with Crippen molar-refractivity contribution in [3.63, 3.8) is 0 Å². The van der Waals surface area contributed by atoms with Crippen LogP contribution >= 0.6 is 0 Å². The summed E-state index contributed by atoms with van der Waals surface area (Å²) in [5.74, 6) is 1.59. The molecule has 4 nitrogen and oxygen atoms in total. The van der Waals surface area contributed by atoms with Gasteiger partial charge in [-0.25, -0.2) is 0 Å². The highest BCUT2D eigenvalue weighted by molar-refractivity contribution is 5.81. The van der Waals surface area contributed by atoms with Crippen LogP contribution in [-0.2, 0) is 9.53 Å². The number of carbonyl (C=O) groups is 1. The minimum Gasteiger partial charge on any atom is -0.385 e. The summed E-state index contributed by atoms with van der Waals surface area (Å²) < 4.78 is 4.96. The van der Waals surface area contributed by atoms with E-state index < -0.39 is 0 Å². The molecule has 4 atom stereocenters. The Hall–Kier alpha value is -0.610. The van der Waals surface area contributed by atoms with E-state index in [2.05, 4.69) is 24.5 Å². The predicted molar refractivity (Wildman–Crippen MR) is 78.1 cm³/mol. The van der Waals surface area contributed by atoms with Gasteiger partial charge in [-0.15, -0.1) is 0 Å². The van der Waals surface area contributed by atoms with Gasteiger partial charge >= 0.3 is 0 Å². The number of nitrogens with one attached hydrogen (secondary N) is 2. The SMILES string of the molecule is CCC1CCC(NC(C)C(=O)NCCCOC)C1C. The molecule has 0 spiro atoms. The van der Waals surface area contributed by atoms with Crippen LogP contribution in [0.3, 0.4) is 0 Å². The third kappa shape index (κ3) is 5.11. The molecule has 0 radical (unpaired) electrons. The third-order valence-corrected chi connectivity index (χ3v) is 4.43. The van der Waals surface area contributed by atoms with Crippen LogP contribution in [0.1, 0.15) is 46.5 Å². The molecule has 0 saturated heterocycles. The van der Waals surface area contributed by atoms with Gasteiger partial charge in [0.15, 0.2) is 0 Å². The van der Waals surface area contributed by atoms with Crippen molar-refractivity contribution in [1.29, 1.82) is 0 Å². The smallest absolute Gasteiger partial charge is 0.236 e. The molecule has 1 aliphatic carbocycles. The Morgan fingerprint density at radius 2 is 2.16 bits per heavy atom. The Morgan fingerprint density at radius 3 is 2.74 bits per heavy atom. The molecule has 4 unspecified atom stereocenters. The molecular formula is C15H30N2O2. The third-order valence-electron chi connectivity index (χ3n) is 4.43. The van der Waals surface area contributed by atoms with Crippen molar-refractivity contribution < 1.29 is 9.53 Å². The van der Waals surface area contributed by atoms with Crippen LogP contribution in [0.25, 0.3) is 0 Å². The van der Waals surface area contributed by atoms with Crippen molar-refractivity contribution in [2.75, 3.05) is 20.3 Å². The highest BCUT2D eigenvalue weighted by Gasteiger charge is 2.32. The van der Waals surface area contributed by atoms with Crippen molar-refractivity contribution in [3.8, 4) is 0 Å². The lowest BCUT2D eigenvalue weighted by Crippen LogP contribution is -2.48. The van der Waals surface area contributed by atoms with E-state index in [0.717, 1.165) is 12.3 Å². The van der Waals surface area contributed by atoms with E-state index in [4.69, 9.17) is 4.74 Å². The molecule has 112 valence electrons. The molecule has 0 aromatic heterocycles. The van der Waals surface area contributed by atoms with Gasteiger partial charge in [0.1, 0.15) is 0 Å². The molecule has 0 aromatic rings. The number of amides is 1. The van der Waals surface area contributed by atoms with Gasteiger partial charge in [-0.2, -0.15) is 0 Å². The number of hydrogen-bond acceptors (Lipinski definition) is 3. The number of rotatable bonds is 8. The largest absolute Gasteiger partial charge is 0.385 e. The maximum atomic E-state index is 11.9. The van der Waals surface area contributed by atoms with Crippen LogP contribution in [0.4, 0.5) is 0 Å². The Labute approximate surface area is 117 Å². The van der Waals surface area contributed by atoms with Crippen LogP contribution < -0.4 is 10.6 Å². The van der Waals surface area contributed by atoms with E-state index in [-0.39, 0.29) is 11.9 Å². The lowest BCUT2D eigenvalue weighted by Gasteiger charge is -2.24. The summed E-state index contributed by atoms with van der Waals surface area (Å²) in [5, 5.41) is 6.44. The highest BCUT2D eigenvalue weighted by Crippen LogP contribution is 2.33. The maximum absolute atomic E-state index is 11.9. The fraction of sp³-hybridized carbons (Fsp3) is 0.933. The molecule has 1 amide bonds. The van der Waals surface area contributed by atoms with Crippen molar-refractivity contribution in [1.82, 2.24) is 10.6 Å². The molecule has 1 fully saturated rings. The van der Waals surface area contributed by atoms with Gasteiger partial charge in [0, 0.05) is 26.3 Å². The molecule has 0 aromatic carbocycles. The zero-order valence-corrected chi connectivity index (χ0v) is 12.9. The Bertz CT molecular complexity index is 271. The lowest BCUT2D eigenvalue weighted by molar-refractivity contribution is -0.123. The molecule has 1 saturated carbocycles. The topological polar surface area (TPSA) is 50.4 Å². The Balaban J connectivity index is 2.26. The van der Waals surface area contributed by atoms with E-state index in [1.807, 2.05) is 6.92 Å². The minimum absolute atomic E-state index is 0.100. The summed E-state index contributed by atoms with van der Waals surface area (Å²) in [6.07, 6.45) is 4.60. The molecule has 4 heteroatoms. The predicted octanol–water partition coefficient (Wildman–Crippen LogP) is 1.94. The number of methoxy groups -OCH3 is 1. The summed E-state index contributed by atoms with van der Waals surface area (Å²) in [4.78, 5) is 11.9. The van der Waals surface area contributed by atoms with E-state index in [9.17, 15) is 4.79 Å². The van der Waals surface area contributed by atoms with Crippen molar-refractivity contribution in [3.05, 3.63) is 0 Å². The monoisotopic (exact) mass is 270 g/mol. The normalized spacial score (nSPS) is 28.3. The second-order valence-electron chi connectivity index (χ2n) is 5.74. The first-order valence-corrected chi connectivity index (χ1v) is 7.62. The zero-order valence-electron chi connectivity index (χ0n) is 12.9. The van der Waals surface area contributed by atoms with Gasteiger partial charge < -0.3 is 15.4 Å². The molecule has 1 aliphatic rings. The second-order valence-corrected chi connectivity index (χ2v) is 5.74. The van der Waals surface area contributed by atoms with Gasteiger partial charge in [-0.3, -0.25) is 4.79 Å². The summed E-state index contributed by atoms with van der Waals surface area (Å²) in [6, 6.07) is 0.385. The lowest BCUT2D eigenvalue weighted by atomic mass is 9.93. The molecular weight excluding hydrogens is 240 g/mol. The fourth-order valence-corrected chi connectivity index (χ4v) is 3.04. The Morgan fingerprint density at radius 1 is 1.42 bits per heavy atom. The molecule has 2 N–H and O–H groups in total. The van der Waals surface area contributed by atoms with Crippen LogP contribution in [0.5, 0.6) is 0 Å². The highest BCUT2D eigenvalue weighted by atomic mass is 16.5. The fourth-order valence-electron chi connectivity index (χ4n) is 3.04. The first kappa shape index (κ1) is 16.4. The quantitative estimate of drug-likeness (QED) is 0.663. The molecule has 0 heterocycles. The van der Waals surface area contributed by atoms with E-state index in [1.165, 1.54) is 19.3 Å². The van der Waals surface area contributed by atoms with Gasteiger partial charge in [-0.1, -0.05) is 20.3 Å². The van der Waals surface area contributed by atoms with Crippen molar-refractivity contribution in [2.45, 2.75) is 58.5 Å². The zero-order chi connectivity index (χ0) is 14.3. The summed E-state index contributed by atoms with van der Waals surface area (Å²) in [7, 11) is 1.68. The maximum Gasteiger partial charge on any atom is 0.236 e. The van der Waals surface area contributed by atoms with Crippen LogP contribution in [0.2, 0.25) is 0 Å². The molecule has 0 bridgehead atoms. The van der Waals surface area contributed by atoms with E-state index >= 15 is 0 Å². The standard InChI is InChI=1S/C15H30N2O2/c1-5-13-7-8-14(11(13)2)17-12(3)15(18)16-9-6-10-19-4/h11-14,17H,5-10H2,1-4H3,(H,16,18). The molecule has 1 rings (SSSR count). The van der Waals surface area contributed by atoms with Crippen molar-refractivity contribution in [2.24, 2.45) is 11.8 Å². The van der Waals surface area contributed by atoms with Gasteiger partial charge in [0.05, 0.1) is 6.04 Å². The molecule has 19 heavy (non-hydrogen) atoms. The van der Waals surface area contributed by atoms with E-state index in [1.54, 1.807) is 7.11 Å². The number of hydrogen-bond donors (Lipinski definition) is 2. The second kappa shape index (κ2) is 8.54. The summed E-state index contributed by atoms with van der Waals surface area (Å²) in [5.41, 5.74) is 0. The van der Waals surface area contributed by atoms with Gasteiger partial charge in [0.25, 0.3) is 0 Å². The number of carbonyl (C=O) groups excluding carboxylic acids is 1. The first-order chi connectivity index (χ1) is 9.10. The number of ether oxygens (including phenoxy) is 1. The summed E-state index contributed by atoms with van der Waals surface area (Å²) >= 11 is 0. The average molecular weight is 270 g/mol. The minimum atomic E-state index is -0.106. The average Bonchev–Trinajstić information content (AvgIpc) is 2.75. The van der Waals surface area contributed by atoms with Crippen LogP contribution in [-0.4, -0.2) is 38.3 Å². The molecule has 0 aliphatic heterocycles. The summed E-state index contributed by atoms with van der Waals surface area (Å²) in [6.45, 7) is 7.91. The van der Waals surface area contributed by atoms with Crippen LogP contribution in [0.15, 0.2) is 0 Å². The van der Waals surface area contributed by atoms with Gasteiger partial charge in [0.2, 0.25) is 5.91 Å². The Kier molecular flexibility index (Phi) is 7.39. The van der Waals surface area contributed by atoms with Gasteiger partial charge in [-0.05, 0) is 38.0 Å².